The van der Waals surface area contributed by atoms with Gasteiger partial charge >= 0.3 is 5.97 Å². The van der Waals surface area contributed by atoms with E-state index in [1.807, 2.05) is 13.8 Å². The van der Waals surface area contributed by atoms with Gasteiger partial charge < -0.3 is 10.1 Å². The molecule has 0 amide bonds. The second-order valence-corrected chi connectivity index (χ2v) is 6.66. The predicted octanol–water partition coefficient (Wildman–Crippen LogP) is 1.95. The number of hydrogen-bond donors (Lipinski definition) is 1. The van der Waals surface area contributed by atoms with Gasteiger partial charge in [0.05, 0.1) is 6.61 Å². The maximum absolute atomic E-state index is 11.9. The molecule has 0 bridgehead atoms. The van der Waals surface area contributed by atoms with Gasteiger partial charge in [-0.2, -0.15) is 0 Å². The molecule has 1 aromatic heterocycles. The lowest BCUT2D eigenvalue weighted by Crippen LogP contribution is -2.50. The third-order valence-electron chi connectivity index (χ3n) is 2.62. The van der Waals surface area contributed by atoms with Crippen LogP contribution in [0.2, 0.25) is 0 Å². The van der Waals surface area contributed by atoms with Gasteiger partial charge in [-0.05, 0) is 27.3 Å². The molecule has 102 valence electrons. The fourth-order valence-electron chi connectivity index (χ4n) is 1.58. The van der Waals surface area contributed by atoms with Crippen molar-refractivity contribution in [2.24, 2.45) is 0 Å². The molecule has 0 saturated carbocycles. The molecule has 2 atom stereocenters. The number of hydrogen-bond acceptors (Lipinski definition) is 7. The molecular weight excluding hydrogens is 270 g/mol. The van der Waals surface area contributed by atoms with Crippen LogP contribution in [0.3, 0.4) is 0 Å². The van der Waals surface area contributed by atoms with Crippen molar-refractivity contribution in [3.05, 3.63) is 5.51 Å². The largest absolute Gasteiger partial charge is 0.465 e. The monoisotopic (exact) mass is 289 g/mol. The fourth-order valence-corrected chi connectivity index (χ4v) is 3.56. The first kappa shape index (κ1) is 15.4. The molecule has 18 heavy (non-hydrogen) atoms. The van der Waals surface area contributed by atoms with E-state index in [-0.39, 0.29) is 11.2 Å². The average molecular weight is 289 g/mol. The number of thioether (sulfide) groups is 1. The average Bonchev–Trinajstić information content (AvgIpc) is 2.81. The molecular formula is C11H19N3O2S2. The van der Waals surface area contributed by atoms with E-state index in [4.69, 9.17) is 4.74 Å². The van der Waals surface area contributed by atoms with Crippen LogP contribution in [0.25, 0.3) is 0 Å². The normalized spacial score (nSPS) is 16.0. The Balaban J connectivity index is 2.58. The molecule has 1 N–H and O–H groups in total. The Kier molecular flexibility index (Phi) is 6.04. The van der Waals surface area contributed by atoms with Crippen LogP contribution >= 0.6 is 23.1 Å². The summed E-state index contributed by atoms with van der Waals surface area (Å²) in [5.74, 6) is -0.211. The first-order valence-electron chi connectivity index (χ1n) is 5.80. The third kappa shape index (κ3) is 4.22. The zero-order chi connectivity index (χ0) is 13.6. The molecule has 1 aromatic rings. The van der Waals surface area contributed by atoms with E-state index >= 15 is 0 Å². The molecule has 0 aliphatic heterocycles. The Bertz CT molecular complexity index is 372. The minimum Gasteiger partial charge on any atom is -0.465 e. The van der Waals surface area contributed by atoms with E-state index in [1.54, 1.807) is 24.3 Å². The third-order valence-corrected chi connectivity index (χ3v) is 4.53. The molecule has 0 aliphatic rings. The van der Waals surface area contributed by atoms with E-state index in [1.165, 1.54) is 11.3 Å². The van der Waals surface area contributed by atoms with Gasteiger partial charge in [-0.1, -0.05) is 30.0 Å². The summed E-state index contributed by atoms with van der Waals surface area (Å²) in [6.07, 6.45) is 0.673. The Morgan fingerprint density at radius 1 is 1.72 bits per heavy atom. The van der Waals surface area contributed by atoms with Gasteiger partial charge in [-0.3, -0.25) is 4.79 Å². The summed E-state index contributed by atoms with van der Waals surface area (Å²) in [5, 5.41) is 11.1. The number of esters is 1. The van der Waals surface area contributed by atoms with Crippen LogP contribution in [0.1, 0.15) is 27.2 Å². The first-order valence-corrected chi connectivity index (χ1v) is 7.56. The van der Waals surface area contributed by atoms with Gasteiger partial charge in [-0.25, -0.2) is 0 Å². The molecule has 5 nitrogen and oxygen atoms in total. The lowest BCUT2D eigenvalue weighted by molar-refractivity contribution is -0.150. The number of rotatable bonds is 7. The van der Waals surface area contributed by atoms with Gasteiger partial charge in [0.1, 0.15) is 11.0 Å². The van der Waals surface area contributed by atoms with E-state index < -0.39 is 5.54 Å². The van der Waals surface area contributed by atoms with Crippen LogP contribution in [0.4, 0.5) is 0 Å². The highest BCUT2D eigenvalue weighted by Crippen LogP contribution is 2.29. The lowest BCUT2D eigenvalue weighted by Gasteiger charge is -2.28. The van der Waals surface area contributed by atoms with Crippen LogP contribution in [-0.4, -0.2) is 40.6 Å². The molecule has 7 heteroatoms. The van der Waals surface area contributed by atoms with Gasteiger partial charge in [0.2, 0.25) is 0 Å². The van der Waals surface area contributed by atoms with Gasteiger partial charge in [0, 0.05) is 5.25 Å². The fraction of sp³-hybridized carbons (Fsp3) is 0.727. The summed E-state index contributed by atoms with van der Waals surface area (Å²) in [5.41, 5.74) is 1.05. The van der Waals surface area contributed by atoms with E-state index in [0.717, 1.165) is 4.34 Å². The molecule has 2 unspecified atom stereocenters. The second kappa shape index (κ2) is 7.06. The topological polar surface area (TPSA) is 64.1 Å². The van der Waals surface area contributed by atoms with Crippen LogP contribution < -0.4 is 5.32 Å². The zero-order valence-corrected chi connectivity index (χ0v) is 12.7. The Morgan fingerprint density at radius 2 is 2.44 bits per heavy atom. The molecule has 0 aromatic carbocycles. The molecule has 0 aliphatic carbocycles. The number of nitrogens with zero attached hydrogens (tertiary/aromatic N) is 2. The van der Waals surface area contributed by atoms with Crippen molar-refractivity contribution >= 4 is 29.1 Å². The maximum Gasteiger partial charge on any atom is 0.326 e. The number of carbonyl (C=O) groups is 1. The number of carbonyl (C=O) groups excluding carboxylic acids is 1. The van der Waals surface area contributed by atoms with E-state index in [9.17, 15) is 4.79 Å². The Morgan fingerprint density at radius 3 is 2.94 bits per heavy atom. The molecule has 0 spiro atoms. The number of aromatic nitrogens is 2. The second-order valence-electron chi connectivity index (χ2n) is 4.14. The maximum atomic E-state index is 11.9. The number of likely N-dealkylation sites (N-methyl/N-ethyl adjacent to an activating group) is 1. The van der Waals surface area contributed by atoms with Crippen molar-refractivity contribution < 1.29 is 9.53 Å². The number of ether oxygens (including phenoxy) is 1. The molecule has 0 saturated heterocycles. The lowest BCUT2D eigenvalue weighted by atomic mass is 9.96. The highest BCUT2D eigenvalue weighted by molar-refractivity contribution is 8.01. The van der Waals surface area contributed by atoms with Gasteiger partial charge in [0.15, 0.2) is 4.34 Å². The summed E-state index contributed by atoms with van der Waals surface area (Å²) >= 11 is 3.13. The Labute approximate surface area is 116 Å². The minimum atomic E-state index is -0.660. The highest BCUT2D eigenvalue weighted by Gasteiger charge is 2.34. The Hall–Kier alpha value is -0.660. The summed E-state index contributed by atoms with van der Waals surface area (Å²) in [6, 6.07) is 0. The summed E-state index contributed by atoms with van der Waals surface area (Å²) in [6.45, 7) is 6.14. The van der Waals surface area contributed by atoms with Crippen molar-refractivity contribution in [1.29, 1.82) is 0 Å². The van der Waals surface area contributed by atoms with Crippen LogP contribution in [0.5, 0.6) is 0 Å². The van der Waals surface area contributed by atoms with Crippen LogP contribution in [0, 0.1) is 0 Å². The number of nitrogens with one attached hydrogen (secondary N) is 1. The summed E-state index contributed by atoms with van der Waals surface area (Å²) < 4.78 is 6.02. The first-order chi connectivity index (χ1) is 8.51. The van der Waals surface area contributed by atoms with Crippen LogP contribution in [-0.2, 0) is 9.53 Å². The van der Waals surface area contributed by atoms with E-state index in [0.29, 0.717) is 13.0 Å². The van der Waals surface area contributed by atoms with Crippen molar-refractivity contribution in [1.82, 2.24) is 15.5 Å². The van der Waals surface area contributed by atoms with Crippen molar-refractivity contribution in [2.75, 3.05) is 13.7 Å². The zero-order valence-electron chi connectivity index (χ0n) is 11.1. The molecule has 0 radical (unpaired) electrons. The SMILES string of the molecule is CCOC(=O)C(C)(CC(C)Sc1nncs1)NC. The molecule has 0 fully saturated rings. The quantitative estimate of drug-likeness (QED) is 0.611. The predicted molar refractivity (Wildman–Crippen MR) is 73.9 cm³/mol. The van der Waals surface area contributed by atoms with Gasteiger partial charge in [0.25, 0.3) is 0 Å². The van der Waals surface area contributed by atoms with Crippen LogP contribution in [0.15, 0.2) is 9.85 Å². The minimum absolute atomic E-state index is 0.211. The van der Waals surface area contributed by atoms with Gasteiger partial charge in [-0.15, -0.1) is 10.2 Å². The van der Waals surface area contributed by atoms with Crippen molar-refractivity contribution in [3.8, 4) is 0 Å². The van der Waals surface area contributed by atoms with Crippen molar-refractivity contribution in [2.45, 2.75) is 42.3 Å². The summed E-state index contributed by atoms with van der Waals surface area (Å²) in [4.78, 5) is 11.9. The highest BCUT2D eigenvalue weighted by atomic mass is 32.2. The smallest absolute Gasteiger partial charge is 0.326 e. The summed E-state index contributed by atoms with van der Waals surface area (Å²) in [7, 11) is 1.78. The van der Waals surface area contributed by atoms with E-state index in [2.05, 4.69) is 22.4 Å². The van der Waals surface area contributed by atoms with Crippen molar-refractivity contribution in [3.63, 3.8) is 0 Å². The molecule has 1 heterocycles. The standard InChI is InChI=1S/C11H19N3O2S2/c1-5-16-9(15)11(3,12-4)6-8(2)18-10-14-13-7-17-10/h7-8,12H,5-6H2,1-4H3. The molecule has 1 rings (SSSR count).